The van der Waals surface area contributed by atoms with Crippen LogP contribution in [0, 0.1) is 0 Å². The second kappa shape index (κ2) is 7.72. The lowest BCUT2D eigenvalue weighted by Crippen LogP contribution is -2.23. The summed E-state index contributed by atoms with van der Waals surface area (Å²) in [5.74, 6) is 0. The number of hydrogen-bond acceptors (Lipinski definition) is 5. The molecule has 0 saturated heterocycles. The maximum absolute atomic E-state index is 12.1. The van der Waals surface area contributed by atoms with Gasteiger partial charge in [-0.1, -0.05) is 46.6 Å². The number of aryl methyl sites for hydroxylation is 1. The molecule has 0 aliphatic carbocycles. The zero-order valence-electron chi connectivity index (χ0n) is 14.1. The number of nitrogens with zero attached hydrogens (tertiary/aromatic N) is 5. The van der Waals surface area contributed by atoms with Crippen LogP contribution in [0.2, 0.25) is 10.0 Å². The molecule has 0 radical (unpaired) electrons. The van der Waals surface area contributed by atoms with Gasteiger partial charge in [-0.25, -0.2) is 4.79 Å². The predicted octanol–water partition coefficient (Wildman–Crippen LogP) is 3.21. The Bertz CT molecular complexity index is 1030. The number of hydrogen-bond donors (Lipinski definition) is 0. The molecule has 1 heterocycles. The van der Waals surface area contributed by atoms with Crippen LogP contribution in [0.15, 0.2) is 52.4 Å². The number of benzene rings is 2. The lowest BCUT2D eigenvalue weighted by atomic mass is 10.1. The van der Waals surface area contributed by atoms with E-state index in [9.17, 15) is 4.79 Å². The Balaban J connectivity index is 1.85. The third-order valence-corrected chi connectivity index (χ3v) is 4.29. The second-order valence-corrected chi connectivity index (χ2v) is 6.34. The summed E-state index contributed by atoms with van der Waals surface area (Å²) in [4.78, 5) is 17.6. The largest absolute Gasteiger partial charge is 0.391 e. The van der Waals surface area contributed by atoms with Gasteiger partial charge in [-0.3, -0.25) is 0 Å². The first kappa shape index (κ1) is 18.2. The molecule has 134 valence electrons. The highest BCUT2D eigenvalue weighted by Gasteiger charge is 2.14. The third-order valence-electron chi connectivity index (χ3n) is 3.70. The number of oxime groups is 1. The Morgan fingerprint density at radius 1 is 1.19 bits per heavy atom. The third kappa shape index (κ3) is 3.79. The van der Waals surface area contributed by atoms with Gasteiger partial charge in [-0.05, 0) is 41.6 Å². The fourth-order valence-corrected chi connectivity index (χ4v) is 2.73. The molecule has 7 nitrogen and oxygen atoms in total. The van der Waals surface area contributed by atoms with E-state index in [-0.39, 0.29) is 12.3 Å². The lowest BCUT2D eigenvalue weighted by molar-refractivity contribution is 0.130. The molecular formula is C17H15Cl2N5O2. The van der Waals surface area contributed by atoms with Gasteiger partial charge in [0.2, 0.25) is 0 Å². The van der Waals surface area contributed by atoms with Crippen LogP contribution in [0.1, 0.15) is 18.1 Å². The number of halogens is 2. The summed E-state index contributed by atoms with van der Waals surface area (Å²) in [7, 11) is 1.52. The molecule has 0 aliphatic rings. The molecule has 0 bridgehead atoms. The molecule has 0 spiro atoms. The van der Waals surface area contributed by atoms with Gasteiger partial charge in [0.05, 0.1) is 11.4 Å². The van der Waals surface area contributed by atoms with E-state index in [1.165, 1.54) is 7.05 Å². The van der Waals surface area contributed by atoms with Gasteiger partial charge in [0, 0.05) is 28.2 Å². The first-order chi connectivity index (χ1) is 12.5. The van der Waals surface area contributed by atoms with E-state index in [2.05, 4.69) is 15.6 Å². The minimum Gasteiger partial charge on any atom is -0.391 e. The molecule has 0 fully saturated rings. The van der Waals surface area contributed by atoms with Crippen LogP contribution in [0.5, 0.6) is 0 Å². The molecule has 9 heteroatoms. The van der Waals surface area contributed by atoms with Crippen molar-refractivity contribution < 1.29 is 4.84 Å². The van der Waals surface area contributed by atoms with E-state index in [0.717, 1.165) is 14.9 Å². The van der Waals surface area contributed by atoms with E-state index >= 15 is 0 Å². The fourth-order valence-electron chi connectivity index (χ4n) is 2.31. The topological polar surface area (TPSA) is 74.3 Å². The molecule has 3 aromatic rings. The van der Waals surface area contributed by atoms with Crippen molar-refractivity contribution in [2.45, 2.75) is 13.5 Å². The van der Waals surface area contributed by atoms with Crippen molar-refractivity contribution in [2.75, 3.05) is 0 Å². The summed E-state index contributed by atoms with van der Waals surface area (Å²) in [6, 6.07) is 12.4. The summed E-state index contributed by atoms with van der Waals surface area (Å²) in [6.07, 6.45) is 0. The van der Waals surface area contributed by atoms with Crippen LogP contribution in [-0.4, -0.2) is 25.5 Å². The molecule has 0 aliphatic heterocycles. The van der Waals surface area contributed by atoms with Gasteiger partial charge >= 0.3 is 5.69 Å². The van der Waals surface area contributed by atoms with Crippen LogP contribution in [0.3, 0.4) is 0 Å². The Hall–Kier alpha value is -2.64. The van der Waals surface area contributed by atoms with Crippen molar-refractivity contribution in [3.63, 3.8) is 0 Å². The molecule has 0 N–H and O–H groups in total. The average Bonchev–Trinajstić information content (AvgIpc) is 2.95. The number of aromatic nitrogens is 4. The average molecular weight is 392 g/mol. The van der Waals surface area contributed by atoms with Gasteiger partial charge in [0.1, 0.15) is 6.61 Å². The maximum Gasteiger partial charge on any atom is 0.368 e. The van der Waals surface area contributed by atoms with Crippen LogP contribution in [0.25, 0.3) is 5.69 Å². The summed E-state index contributed by atoms with van der Waals surface area (Å²) in [5.41, 5.74) is 2.21. The second-order valence-electron chi connectivity index (χ2n) is 5.49. The van der Waals surface area contributed by atoms with E-state index in [0.29, 0.717) is 27.0 Å². The predicted molar refractivity (Wildman–Crippen MR) is 100 cm³/mol. The standard InChI is InChI=1S/C17H15Cl2N5O2/c1-11(12-5-3-6-13(18)9-12)20-26-10-14-15(19)7-4-8-16(14)24-17(25)23(2)21-22-24/h3-9H,10H2,1-2H3. The normalized spacial score (nSPS) is 11.6. The smallest absolute Gasteiger partial charge is 0.368 e. The quantitative estimate of drug-likeness (QED) is 0.494. The summed E-state index contributed by atoms with van der Waals surface area (Å²) >= 11 is 12.3. The highest BCUT2D eigenvalue weighted by atomic mass is 35.5. The Labute approximate surface area is 159 Å². The van der Waals surface area contributed by atoms with Crippen molar-refractivity contribution in [3.05, 3.63) is 74.1 Å². The molecule has 3 rings (SSSR count). The monoisotopic (exact) mass is 391 g/mol. The van der Waals surface area contributed by atoms with Gasteiger partial charge in [-0.2, -0.15) is 9.36 Å². The first-order valence-corrected chi connectivity index (χ1v) is 8.42. The Kier molecular flexibility index (Phi) is 5.39. The highest BCUT2D eigenvalue weighted by Crippen LogP contribution is 2.23. The summed E-state index contributed by atoms with van der Waals surface area (Å²) < 4.78 is 2.30. The van der Waals surface area contributed by atoms with E-state index in [1.807, 2.05) is 19.1 Å². The lowest BCUT2D eigenvalue weighted by Gasteiger charge is -2.09. The number of tetrazole rings is 1. The SMILES string of the molecule is CC(=NOCc1c(Cl)cccc1-n1nnn(C)c1=O)c1cccc(Cl)c1. The van der Waals surface area contributed by atoms with Crippen molar-refractivity contribution in [1.29, 1.82) is 0 Å². The van der Waals surface area contributed by atoms with Gasteiger partial charge in [-0.15, -0.1) is 0 Å². The summed E-state index contributed by atoms with van der Waals surface area (Å²) in [5, 5.41) is 12.7. The molecule has 2 aromatic carbocycles. The van der Waals surface area contributed by atoms with Gasteiger partial charge in [0.25, 0.3) is 0 Å². The van der Waals surface area contributed by atoms with Gasteiger partial charge < -0.3 is 4.84 Å². The molecule has 0 amide bonds. The van der Waals surface area contributed by atoms with Crippen LogP contribution in [0.4, 0.5) is 0 Å². The van der Waals surface area contributed by atoms with Crippen molar-refractivity contribution >= 4 is 28.9 Å². The first-order valence-electron chi connectivity index (χ1n) is 7.66. The van der Waals surface area contributed by atoms with Gasteiger partial charge in [0.15, 0.2) is 0 Å². The Morgan fingerprint density at radius 2 is 1.96 bits per heavy atom. The van der Waals surface area contributed by atoms with Crippen LogP contribution >= 0.6 is 23.2 Å². The maximum atomic E-state index is 12.1. The number of rotatable bonds is 5. The Morgan fingerprint density at radius 3 is 2.65 bits per heavy atom. The van der Waals surface area contributed by atoms with Crippen LogP contribution < -0.4 is 5.69 Å². The van der Waals surface area contributed by atoms with E-state index < -0.39 is 0 Å². The van der Waals surface area contributed by atoms with Crippen molar-refractivity contribution in [3.8, 4) is 5.69 Å². The van der Waals surface area contributed by atoms with Crippen LogP contribution in [-0.2, 0) is 18.5 Å². The van der Waals surface area contributed by atoms with E-state index in [4.69, 9.17) is 28.0 Å². The minimum absolute atomic E-state index is 0.0654. The molecule has 0 saturated carbocycles. The minimum atomic E-state index is -0.382. The zero-order chi connectivity index (χ0) is 18.7. The fraction of sp³-hybridized carbons (Fsp3) is 0.176. The van der Waals surface area contributed by atoms with E-state index in [1.54, 1.807) is 30.3 Å². The molecular weight excluding hydrogens is 377 g/mol. The molecule has 0 atom stereocenters. The summed E-state index contributed by atoms with van der Waals surface area (Å²) in [6.45, 7) is 1.88. The molecule has 0 unspecified atom stereocenters. The molecule has 26 heavy (non-hydrogen) atoms. The van der Waals surface area contributed by atoms with Crippen molar-refractivity contribution in [2.24, 2.45) is 12.2 Å². The zero-order valence-corrected chi connectivity index (χ0v) is 15.6. The van der Waals surface area contributed by atoms with Crippen molar-refractivity contribution in [1.82, 2.24) is 19.8 Å². The molecule has 1 aromatic heterocycles. The highest BCUT2D eigenvalue weighted by molar-refractivity contribution is 6.31.